The van der Waals surface area contributed by atoms with Crippen LogP contribution < -0.4 is 19.5 Å². The maximum absolute atomic E-state index is 14.4. The SMILES string of the molecule is CC(C)(C)[P@@]1(=O)COc2cccc(-c3c(Oc4ccccc4)cccc3Oc3ccccc3)c21. The van der Waals surface area contributed by atoms with Gasteiger partial charge in [-0.25, -0.2) is 0 Å². The molecule has 4 nitrogen and oxygen atoms in total. The van der Waals surface area contributed by atoms with Crippen molar-refractivity contribution >= 4 is 12.4 Å². The molecule has 1 aliphatic rings. The molecular weight excluding hydrogens is 443 g/mol. The summed E-state index contributed by atoms with van der Waals surface area (Å²) in [6, 6.07) is 30.8. The third-order valence-electron chi connectivity index (χ3n) is 6.05. The van der Waals surface area contributed by atoms with Gasteiger partial charge in [-0.1, -0.05) is 75.4 Å². The van der Waals surface area contributed by atoms with Crippen LogP contribution in [-0.2, 0) is 4.57 Å². The molecule has 0 saturated heterocycles. The molecule has 0 aliphatic carbocycles. The summed E-state index contributed by atoms with van der Waals surface area (Å²) in [4.78, 5) is 0. The van der Waals surface area contributed by atoms with Crippen LogP contribution in [0.2, 0.25) is 0 Å². The summed E-state index contributed by atoms with van der Waals surface area (Å²) in [6.45, 7) is 6.03. The molecule has 5 heteroatoms. The predicted molar refractivity (Wildman–Crippen MR) is 137 cm³/mol. The fraction of sp³-hybridized carbons (Fsp3) is 0.172. The fourth-order valence-electron chi connectivity index (χ4n) is 4.14. The van der Waals surface area contributed by atoms with E-state index in [4.69, 9.17) is 14.2 Å². The number of hydrogen-bond acceptors (Lipinski definition) is 4. The van der Waals surface area contributed by atoms with E-state index < -0.39 is 12.3 Å². The Kier molecular flexibility index (Phi) is 5.71. The maximum atomic E-state index is 14.4. The van der Waals surface area contributed by atoms with Crippen LogP contribution in [-0.4, -0.2) is 11.5 Å². The second-order valence-corrected chi connectivity index (χ2v) is 12.8. The highest BCUT2D eigenvalue weighted by Gasteiger charge is 2.47. The summed E-state index contributed by atoms with van der Waals surface area (Å²) in [6.07, 6.45) is 0.194. The Morgan fingerprint density at radius 3 is 1.76 bits per heavy atom. The van der Waals surface area contributed by atoms with E-state index in [1.807, 2.05) is 118 Å². The fourth-order valence-corrected chi connectivity index (χ4v) is 6.72. The van der Waals surface area contributed by atoms with Crippen molar-refractivity contribution in [3.63, 3.8) is 0 Å². The van der Waals surface area contributed by atoms with Crippen molar-refractivity contribution in [2.24, 2.45) is 0 Å². The number of hydrogen-bond donors (Lipinski definition) is 0. The second-order valence-electron chi connectivity index (χ2n) is 9.30. The standard InChI is InChI=1S/C29H27O4P/c1-29(2,3)34(30)20-31-26-19-10-16-23(28(26)34)27-24(32-21-12-6-4-7-13-21)17-11-18-25(27)33-22-14-8-5-9-15-22/h4-19H,20H2,1-3H3/t34-/m1/s1. The number of rotatable bonds is 5. The number of para-hydroxylation sites is 2. The number of benzene rings is 4. The van der Waals surface area contributed by atoms with Crippen molar-refractivity contribution < 1.29 is 18.8 Å². The molecule has 4 aromatic carbocycles. The molecule has 0 spiro atoms. The van der Waals surface area contributed by atoms with Gasteiger partial charge in [0, 0.05) is 10.7 Å². The van der Waals surface area contributed by atoms with Crippen molar-refractivity contribution in [3.05, 3.63) is 97.1 Å². The first-order valence-electron chi connectivity index (χ1n) is 11.3. The van der Waals surface area contributed by atoms with E-state index in [-0.39, 0.29) is 6.35 Å². The van der Waals surface area contributed by atoms with E-state index in [2.05, 4.69) is 0 Å². The average Bonchev–Trinajstić information content (AvgIpc) is 3.19. The van der Waals surface area contributed by atoms with Gasteiger partial charge in [-0.2, -0.15) is 0 Å². The van der Waals surface area contributed by atoms with E-state index in [1.54, 1.807) is 0 Å². The van der Waals surface area contributed by atoms with Crippen molar-refractivity contribution in [2.45, 2.75) is 25.9 Å². The van der Waals surface area contributed by atoms with Crippen LogP contribution >= 0.6 is 7.14 Å². The lowest BCUT2D eigenvalue weighted by Crippen LogP contribution is -2.23. The third kappa shape index (κ3) is 3.99. The predicted octanol–water partition coefficient (Wildman–Crippen LogP) is 8.08. The molecule has 0 bridgehead atoms. The Bertz CT molecular complexity index is 1300. The van der Waals surface area contributed by atoms with Crippen molar-refractivity contribution in [2.75, 3.05) is 6.35 Å². The van der Waals surface area contributed by atoms with Crippen LogP contribution in [0.5, 0.6) is 28.7 Å². The molecule has 1 heterocycles. The monoisotopic (exact) mass is 470 g/mol. The smallest absolute Gasteiger partial charge is 0.160 e. The molecule has 0 amide bonds. The first-order valence-corrected chi connectivity index (χ1v) is 13.2. The molecule has 172 valence electrons. The van der Waals surface area contributed by atoms with Gasteiger partial charge in [0.25, 0.3) is 0 Å². The van der Waals surface area contributed by atoms with Gasteiger partial charge in [0.15, 0.2) is 7.14 Å². The van der Waals surface area contributed by atoms with E-state index in [0.717, 1.165) is 16.4 Å². The van der Waals surface area contributed by atoms with E-state index in [0.29, 0.717) is 28.7 Å². The Labute approximate surface area is 200 Å². The summed E-state index contributed by atoms with van der Waals surface area (Å²) in [5, 5.41) is 0.300. The Hall–Kier alpha value is -3.49. The molecule has 0 radical (unpaired) electrons. The lowest BCUT2D eigenvalue weighted by Gasteiger charge is -2.28. The second kappa shape index (κ2) is 8.70. The summed E-state index contributed by atoms with van der Waals surface area (Å²) in [7, 11) is -2.88. The van der Waals surface area contributed by atoms with Gasteiger partial charge < -0.3 is 18.8 Å². The first-order chi connectivity index (χ1) is 16.4. The van der Waals surface area contributed by atoms with Crippen LogP contribution in [0.3, 0.4) is 0 Å². The lowest BCUT2D eigenvalue weighted by atomic mass is 10.0. The first kappa shape index (κ1) is 22.3. The molecule has 0 N–H and O–H groups in total. The van der Waals surface area contributed by atoms with Gasteiger partial charge in [0.05, 0.1) is 10.9 Å². The Morgan fingerprint density at radius 1 is 0.706 bits per heavy atom. The van der Waals surface area contributed by atoms with Gasteiger partial charge in [0.1, 0.15) is 35.1 Å². The highest BCUT2D eigenvalue weighted by molar-refractivity contribution is 7.73. The summed E-state index contributed by atoms with van der Waals surface area (Å²) in [5.74, 6) is 3.34. The molecule has 0 fully saturated rings. The summed E-state index contributed by atoms with van der Waals surface area (Å²) >= 11 is 0. The zero-order valence-electron chi connectivity index (χ0n) is 19.5. The Balaban J connectivity index is 1.74. The van der Waals surface area contributed by atoms with E-state index in [9.17, 15) is 4.57 Å². The van der Waals surface area contributed by atoms with Crippen LogP contribution in [0.25, 0.3) is 11.1 Å². The molecule has 4 aromatic rings. The van der Waals surface area contributed by atoms with Gasteiger partial charge >= 0.3 is 0 Å². The van der Waals surface area contributed by atoms with E-state index >= 15 is 0 Å². The largest absolute Gasteiger partial charge is 0.485 e. The normalized spacial score (nSPS) is 17.0. The molecule has 0 aromatic heterocycles. The molecule has 1 aliphatic heterocycles. The highest BCUT2D eigenvalue weighted by Crippen LogP contribution is 2.63. The molecule has 0 unspecified atom stereocenters. The topological polar surface area (TPSA) is 44.8 Å². The number of fused-ring (bicyclic) bond motifs is 1. The zero-order valence-corrected chi connectivity index (χ0v) is 20.4. The van der Waals surface area contributed by atoms with Crippen LogP contribution in [0.15, 0.2) is 97.1 Å². The lowest BCUT2D eigenvalue weighted by molar-refractivity contribution is 0.389. The van der Waals surface area contributed by atoms with E-state index in [1.165, 1.54) is 0 Å². The zero-order chi connectivity index (χ0) is 23.8. The van der Waals surface area contributed by atoms with Crippen molar-refractivity contribution in [1.82, 2.24) is 0 Å². The van der Waals surface area contributed by atoms with Gasteiger partial charge in [0.2, 0.25) is 0 Å². The quantitative estimate of drug-likeness (QED) is 0.277. The minimum atomic E-state index is -2.88. The van der Waals surface area contributed by atoms with Crippen LogP contribution in [0, 0.1) is 0 Å². The summed E-state index contributed by atoms with van der Waals surface area (Å²) in [5.41, 5.74) is 1.56. The molecule has 1 atom stereocenters. The van der Waals surface area contributed by atoms with Crippen LogP contribution in [0.4, 0.5) is 0 Å². The molecule has 0 saturated carbocycles. The summed E-state index contributed by atoms with van der Waals surface area (Å²) < 4.78 is 33.0. The Morgan fingerprint density at radius 2 is 1.24 bits per heavy atom. The minimum absolute atomic E-state index is 0.194. The maximum Gasteiger partial charge on any atom is 0.160 e. The van der Waals surface area contributed by atoms with Crippen LogP contribution in [0.1, 0.15) is 20.8 Å². The van der Waals surface area contributed by atoms with Crippen molar-refractivity contribution in [3.8, 4) is 39.9 Å². The highest BCUT2D eigenvalue weighted by atomic mass is 31.2. The average molecular weight is 471 g/mol. The molecule has 34 heavy (non-hydrogen) atoms. The third-order valence-corrected chi connectivity index (χ3v) is 9.89. The number of ether oxygens (including phenoxy) is 3. The molecule has 5 rings (SSSR count). The molecular formula is C29H27O4P. The minimum Gasteiger partial charge on any atom is -0.485 e. The van der Waals surface area contributed by atoms with Gasteiger partial charge in [-0.3, -0.25) is 0 Å². The van der Waals surface area contributed by atoms with Gasteiger partial charge in [-0.05, 0) is 42.5 Å². The van der Waals surface area contributed by atoms with Gasteiger partial charge in [-0.15, -0.1) is 0 Å². The van der Waals surface area contributed by atoms with Crippen molar-refractivity contribution in [1.29, 1.82) is 0 Å².